The molecule has 3 amide bonds. The molecule has 0 spiro atoms. The van der Waals surface area contributed by atoms with Crippen LogP contribution in [0.5, 0.6) is 0 Å². The van der Waals surface area contributed by atoms with Crippen molar-refractivity contribution in [2.45, 2.75) is 12.5 Å². The van der Waals surface area contributed by atoms with Crippen LogP contribution < -0.4 is 16.8 Å². The summed E-state index contributed by atoms with van der Waals surface area (Å²) in [7, 11) is 0. The molecule has 12 heavy (non-hydrogen) atoms. The van der Waals surface area contributed by atoms with Gasteiger partial charge >= 0.3 is 12.0 Å². The summed E-state index contributed by atoms with van der Waals surface area (Å²) >= 11 is 0. The maximum absolute atomic E-state index is 10.3. The molecular formula is C5H9N3O4. The smallest absolute Gasteiger partial charge is 0.326 e. The number of hydrogen-bond donors (Lipinski definition) is 4. The zero-order valence-electron chi connectivity index (χ0n) is 6.11. The summed E-state index contributed by atoms with van der Waals surface area (Å²) in [5.41, 5.74) is 9.35. The molecule has 7 nitrogen and oxygen atoms in total. The average Bonchev–Trinajstić information content (AvgIpc) is 1.83. The van der Waals surface area contributed by atoms with Gasteiger partial charge in [-0.3, -0.25) is 4.79 Å². The molecule has 0 radical (unpaired) electrons. The van der Waals surface area contributed by atoms with Crippen molar-refractivity contribution in [1.82, 2.24) is 5.32 Å². The van der Waals surface area contributed by atoms with Crippen molar-refractivity contribution in [3.8, 4) is 0 Å². The van der Waals surface area contributed by atoms with Crippen molar-refractivity contribution in [1.29, 1.82) is 0 Å². The molecule has 0 fully saturated rings. The SMILES string of the molecule is NC(=O)CC(NC(N)=O)C(=O)O. The van der Waals surface area contributed by atoms with E-state index >= 15 is 0 Å². The minimum absolute atomic E-state index is 0.474. The van der Waals surface area contributed by atoms with Crippen LogP contribution in [0, 0.1) is 0 Å². The quantitative estimate of drug-likeness (QED) is 0.392. The lowest BCUT2D eigenvalue weighted by atomic mass is 10.2. The number of carboxylic acid groups (broad SMARTS) is 1. The van der Waals surface area contributed by atoms with E-state index in [0.717, 1.165) is 0 Å². The highest BCUT2D eigenvalue weighted by atomic mass is 16.4. The average molecular weight is 175 g/mol. The Morgan fingerprint density at radius 1 is 1.33 bits per heavy atom. The number of hydrogen-bond acceptors (Lipinski definition) is 3. The Hall–Kier alpha value is -1.79. The first-order valence-corrected chi connectivity index (χ1v) is 3.00. The number of nitrogens with one attached hydrogen (secondary N) is 1. The number of carbonyl (C=O) groups excluding carboxylic acids is 2. The third-order valence-corrected chi connectivity index (χ3v) is 1.02. The van der Waals surface area contributed by atoms with E-state index in [-0.39, 0.29) is 0 Å². The summed E-state index contributed by atoms with van der Waals surface area (Å²) in [4.78, 5) is 30.7. The van der Waals surface area contributed by atoms with Gasteiger partial charge in [-0.1, -0.05) is 0 Å². The maximum atomic E-state index is 10.3. The highest BCUT2D eigenvalue weighted by Gasteiger charge is 2.20. The Balaban J connectivity index is 4.14. The highest BCUT2D eigenvalue weighted by Crippen LogP contribution is 1.90. The highest BCUT2D eigenvalue weighted by molar-refractivity contribution is 5.87. The molecule has 1 atom stereocenters. The van der Waals surface area contributed by atoms with Crippen molar-refractivity contribution in [3.63, 3.8) is 0 Å². The topological polar surface area (TPSA) is 136 Å². The van der Waals surface area contributed by atoms with Gasteiger partial charge in [-0.15, -0.1) is 0 Å². The van der Waals surface area contributed by atoms with Gasteiger partial charge in [0, 0.05) is 0 Å². The Morgan fingerprint density at radius 2 is 1.83 bits per heavy atom. The lowest BCUT2D eigenvalue weighted by Gasteiger charge is -2.09. The molecule has 0 aromatic carbocycles. The summed E-state index contributed by atoms with van der Waals surface area (Å²) in [6.07, 6.45) is -0.474. The Labute approximate surface area is 67.7 Å². The molecule has 0 rings (SSSR count). The number of aliphatic carboxylic acids is 1. The maximum Gasteiger partial charge on any atom is 0.326 e. The van der Waals surface area contributed by atoms with Crippen LogP contribution in [0.4, 0.5) is 4.79 Å². The summed E-state index contributed by atoms with van der Waals surface area (Å²) in [5.74, 6) is -2.18. The van der Waals surface area contributed by atoms with E-state index in [1.54, 1.807) is 0 Å². The van der Waals surface area contributed by atoms with Crippen LogP contribution in [-0.4, -0.2) is 29.1 Å². The lowest BCUT2D eigenvalue weighted by Crippen LogP contribution is -2.45. The first-order valence-electron chi connectivity index (χ1n) is 3.00. The fourth-order valence-corrected chi connectivity index (χ4v) is 0.573. The number of amides is 3. The number of carboxylic acids is 1. The minimum atomic E-state index is -1.35. The molecular weight excluding hydrogens is 166 g/mol. The third-order valence-electron chi connectivity index (χ3n) is 1.02. The molecule has 0 aliphatic rings. The number of nitrogens with two attached hydrogens (primary N) is 2. The second-order valence-corrected chi connectivity index (χ2v) is 2.07. The molecule has 6 N–H and O–H groups in total. The van der Waals surface area contributed by atoms with E-state index in [2.05, 4.69) is 5.73 Å². The summed E-state index contributed by atoms with van der Waals surface area (Å²) < 4.78 is 0. The fourth-order valence-electron chi connectivity index (χ4n) is 0.573. The first-order chi connectivity index (χ1) is 5.43. The van der Waals surface area contributed by atoms with Gasteiger partial charge in [0.1, 0.15) is 6.04 Å². The summed E-state index contributed by atoms with van der Waals surface area (Å²) in [6.45, 7) is 0. The predicted octanol–water partition coefficient (Wildman–Crippen LogP) is -2.02. The lowest BCUT2D eigenvalue weighted by molar-refractivity contribution is -0.140. The van der Waals surface area contributed by atoms with E-state index in [0.29, 0.717) is 0 Å². The second kappa shape index (κ2) is 4.16. The van der Waals surface area contributed by atoms with Crippen LogP contribution in [0.25, 0.3) is 0 Å². The van der Waals surface area contributed by atoms with Crippen molar-refractivity contribution in [3.05, 3.63) is 0 Å². The van der Waals surface area contributed by atoms with Crippen molar-refractivity contribution in [2.75, 3.05) is 0 Å². The van der Waals surface area contributed by atoms with Gasteiger partial charge in [0.25, 0.3) is 0 Å². The van der Waals surface area contributed by atoms with Gasteiger partial charge in [0.05, 0.1) is 6.42 Å². The molecule has 7 heteroatoms. The monoisotopic (exact) mass is 175 g/mol. The predicted molar refractivity (Wildman–Crippen MR) is 38.0 cm³/mol. The van der Waals surface area contributed by atoms with Crippen LogP contribution >= 0.6 is 0 Å². The van der Waals surface area contributed by atoms with Gasteiger partial charge in [-0.25, -0.2) is 9.59 Å². The molecule has 0 bridgehead atoms. The minimum Gasteiger partial charge on any atom is -0.480 e. The van der Waals surface area contributed by atoms with E-state index in [1.165, 1.54) is 0 Å². The van der Waals surface area contributed by atoms with E-state index < -0.39 is 30.4 Å². The Morgan fingerprint density at radius 3 is 2.08 bits per heavy atom. The third kappa shape index (κ3) is 4.09. The van der Waals surface area contributed by atoms with Crippen LogP contribution in [0.3, 0.4) is 0 Å². The Kier molecular flexibility index (Phi) is 3.54. The molecule has 0 aliphatic carbocycles. The van der Waals surface area contributed by atoms with Crippen molar-refractivity contribution < 1.29 is 19.5 Å². The number of urea groups is 1. The number of primary amides is 2. The fraction of sp³-hybridized carbons (Fsp3) is 0.400. The largest absolute Gasteiger partial charge is 0.480 e. The summed E-state index contributed by atoms with van der Waals surface area (Å²) in [6, 6.07) is -2.36. The molecule has 1 unspecified atom stereocenters. The molecule has 0 heterocycles. The molecule has 68 valence electrons. The standard InChI is InChI=1S/C5H9N3O4/c6-3(9)1-2(4(10)11)8-5(7)12/h2H,1H2,(H2,6,9)(H,10,11)(H3,7,8,12). The van der Waals surface area contributed by atoms with E-state index in [9.17, 15) is 14.4 Å². The number of rotatable bonds is 4. The first kappa shape index (κ1) is 10.2. The van der Waals surface area contributed by atoms with E-state index in [1.807, 2.05) is 5.32 Å². The van der Waals surface area contributed by atoms with Crippen LogP contribution in [0.15, 0.2) is 0 Å². The van der Waals surface area contributed by atoms with Crippen LogP contribution in [0.2, 0.25) is 0 Å². The van der Waals surface area contributed by atoms with E-state index in [4.69, 9.17) is 10.8 Å². The molecule has 0 saturated carbocycles. The van der Waals surface area contributed by atoms with Gasteiger partial charge < -0.3 is 21.9 Å². The molecule has 0 saturated heterocycles. The van der Waals surface area contributed by atoms with Gasteiger partial charge in [-0.2, -0.15) is 0 Å². The molecule has 0 aliphatic heterocycles. The Bertz CT molecular complexity index is 199. The van der Waals surface area contributed by atoms with Gasteiger partial charge in [0.2, 0.25) is 5.91 Å². The van der Waals surface area contributed by atoms with Crippen molar-refractivity contribution >= 4 is 17.9 Å². The van der Waals surface area contributed by atoms with Crippen molar-refractivity contribution in [2.24, 2.45) is 11.5 Å². The molecule has 0 aromatic rings. The zero-order chi connectivity index (χ0) is 9.72. The van der Waals surface area contributed by atoms with Gasteiger partial charge in [-0.05, 0) is 0 Å². The van der Waals surface area contributed by atoms with Crippen LogP contribution in [0.1, 0.15) is 6.42 Å². The van der Waals surface area contributed by atoms with Crippen LogP contribution in [-0.2, 0) is 9.59 Å². The molecule has 0 aromatic heterocycles. The summed E-state index contributed by atoms with van der Waals surface area (Å²) in [5, 5.41) is 10.2. The zero-order valence-corrected chi connectivity index (χ0v) is 6.11. The number of carbonyl (C=O) groups is 3. The second-order valence-electron chi connectivity index (χ2n) is 2.07. The van der Waals surface area contributed by atoms with Gasteiger partial charge in [0.15, 0.2) is 0 Å². The normalized spacial score (nSPS) is 11.7.